The maximum atomic E-state index is 9.29. The van der Waals surface area contributed by atoms with Gasteiger partial charge in [-0.05, 0) is 53.6 Å². The molecule has 0 fully saturated rings. The Balaban J connectivity index is 0.000000447. The molecule has 3 aliphatic carbocycles. The molecule has 0 amide bonds. The van der Waals surface area contributed by atoms with Crippen LogP contribution >= 0.6 is 22.6 Å². The Kier molecular flexibility index (Phi) is 6.72. The second kappa shape index (κ2) is 8.83. The van der Waals surface area contributed by atoms with Gasteiger partial charge in [-0.2, -0.15) is 0 Å². The van der Waals surface area contributed by atoms with Crippen molar-refractivity contribution in [1.82, 2.24) is 4.90 Å². The Morgan fingerprint density at radius 2 is 1.62 bits per heavy atom. The Bertz CT molecular complexity index is 682. The summed E-state index contributed by atoms with van der Waals surface area (Å²) in [5, 5.41) is 9.29. The van der Waals surface area contributed by atoms with Gasteiger partial charge in [-0.3, -0.25) is 0 Å². The van der Waals surface area contributed by atoms with Crippen LogP contribution in [0, 0.1) is 0 Å². The quantitative estimate of drug-likeness (QED) is 0.502. The Labute approximate surface area is 170 Å². The van der Waals surface area contributed by atoms with Crippen LogP contribution in [-0.2, 0) is 10.3 Å². The first kappa shape index (κ1) is 19.8. The van der Waals surface area contributed by atoms with E-state index in [-0.39, 0.29) is 12.2 Å². The highest BCUT2D eigenvalue weighted by Crippen LogP contribution is 2.56. The number of hydrogen-bond acceptors (Lipinski definition) is 3. The Morgan fingerprint density at radius 1 is 1.08 bits per heavy atom. The van der Waals surface area contributed by atoms with Gasteiger partial charge in [0.05, 0.1) is 6.61 Å². The molecule has 2 aromatic rings. The molecule has 2 bridgehead atoms. The second-order valence-corrected chi connectivity index (χ2v) is 8.22. The number of likely N-dealkylation sites (N-methyl/N-ethyl adjacent to an activating group) is 1. The zero-order valence-electron chi connectivity index (χ0n) is 15.6. The van der Waals surface area contributed by atoms with E-state index in [1.165, 1.54) is 28.7 Å². The molecule has 0 aliphatic heterocycles. The second-order valence-electron chi connectivity index (χ2n) is 7.14. The molecule has 2 aromatic carbocycles. The Morgan fingerprint density at radius 3 is 2.12 bits per heavy atom. The molecule has 0 heterocycles. The van der Waals surface area contributed by atoms with Gasteiger partial charge in [-0.1, -0.05) is 71.1 Å². The van der Waals surface area contributed by atoms with E-state index in [4.69, 9.17) is 4.74 Å². The van der Waals surface area contributed by atoms with Crippen molar-refractivity contribution in [3.05, 3.63) is 70.8 Å². The molecule has 26 heavy (non-hydrogen) atoms. The number of ether oxygens (including phenoxy) is 1. The van der Waals surface area contributed by atoms with E-state index in [1.54, 1.807) is 0 Å². The van der Waals surface area contributed by atoms with E-state index in [9.17, 15) is 5.11 Å². The van der Waals surface area contributed by atoms with E-state index < -0.39 is 0 Å². The molecule has 0 aromatic heterocycles. The minimum absolute atomic E-state index is 0.0561. The molecule has 140 valence electrons. The van der Waals surface area contributed by atoms with Gasteiger partial charge >= 0.3 is 0 Å². The minimum atomic E-state index is -0.238. The molecule has 0 unspecified atom stereocenters. The van der Waals surface area contributed by atoms with Crippen LogP contribution in [0.15, 0.2) is 48.5 Å². The van der Waals surface area contributed by atoms with Crippen LogP contribution in [0.2, 0.25) is 0 Å². The summed E-state index contributed by atoms with van der Waals surface area (Å²) in [6.07, 6.45) is 2.29. The molecule has 3 aliphatic rings. The van der Waals surface area contributed by atoms with Crippen LogP contribution < -0.4 is 5.11 Å². The molecule has 0 N–H and O–H groups in total. The summed E-state index contributed by atoms with van der Waals surface area (Å²) in [7, 11) is 4.20. The van der Waals surface area contributed by atoms with Crippen molar-refractivity contribution in [2.45, 2.75) is 24.4 Å². The lowest BCUT2D eigenvalue weighted by atomic mass is 9.61. The Hall–Kier alpha value is -0.950. The normalized spacial score (nSPS) is 22.4. The highest BCUT2D eigenvalue weighted by molar-refractivity contribution is 14.1. The summed E-state index contributed by atoms with van der Waals surface area (Å²) in [4.78, 5) is 2.18. The lowest BCUT2D eigenvalue weighted by Crippen LogP contribution is -2.43. The maximum Gasteiger partial charge on any atom is 0.119 e. The molecule has 3 nitrogen and oxygen atoms in total. The number of alkyl halides is 1. The van der Waals surface area contributed by atoms with Crippen LogP contribution in [0.5, 0.6) is 0 Å². The minimum Gasteiger partial charge on any atom is -0.854 e. The molecule has 0 spiro atoms. The summed E-state index contributed by atoms with van der Waals surface area (Å²) in [5.74, 6) is 0.548. The summed E-state index contributed by atoms with van der Waals surface area (Å²) in [5.41, 5.74) is 5.49. The zero-order chi connectivity index (χ0) is 18.6. The lowest BCUT2D eigenvalue weighted by Gasteiger charge is -2.49. The molecular weight excluding hydrogens is 437 g/mol. The first-order valence-corrected chi connectivity index (χ1v) is 10.8. The number of benzene rings is 2. The van der Waals surface area contributed by atoms with E-state index in [0.29, 0.717) is 5.92 Å². The van der Waals surface area contributed by atoms with Gasteiger partial charge in [-0.15, -0.1) is 6.61 Å². The molecule has 5 rings (SSSR count). The fourth-order valence-corrected chi connectivity index (χ4v) is 4.21. The van der Waals surface area contributed by atoms with Crippen molar-refractivity contribution in [3.63, 3.8) is 0 Å². The summed E-state index contributed by atoms with van der Waals surface area (Å²) in [6.45, 7) is 1.77. The first-order chi connectivity index (χ1) is 12.6. The van der Waals surface area contributed by atoms with E-state index >= 15 is 0 Å². The van der Waals surface area contributed by atoms with Crippen molar-refractivity contribution in [2.75, 3.05) is 38.3 Å². The van der Waals surface area contributed by atoms with Gasteiger partial charge < -0.3 is 14.7 Å². The molecule has 0 saturated carbocycles. The topological polar surface area (TPSA) is 35.5 Å². The third-order valence-electron chi connectivity index (χ3n) is 5.29. The third-order valence-corrected chi connectivity index (χ3v) is 5.73. The highest BCUT2D eigenvalue weighted by atomic mass is 127. The lowest BCUT2D eigenvalue weighted by molar-refractivity contribution is -0.359. The molecule has 0 atom stereocenters. The molecule has 0 saturated heterocycles. The summed E-state index contributed by atoms with van der Waals surface area (Å²) in [6, 6.07) is 17.8. The average Bonchev–Trinajstić information content (AvgIpc) is 2.69. The SMILES string of the molecule is CN(C)CCOC12CCC(c3ccccc31)c1ccccc12.[O-]CCI. The van der Waals surface area contributed by atoms with Crippen molar-refractivity contribution >= 4 is 22.6 Å². The van der Waals surface area contributed by atoms with Crippen LogP contribution in [0.25, 0.3) is 0 Å². The van der Waals surface area contributed by atoms with Gasteiger partial charge in [0, 0.05) is 12.5 Å². The van der Waals surface area contributed by atoms with Crippen LogP contribution in [0.1, 0.15) is 41.0 Å². The number of nitrogens with zero attached hydrogens (tertiary/aromatic N) is 1. The highest BCUT2D eigenvalue weighted by Gasteiger charge is 2.48. The van der Waals surface area contributed by atoms with Gasteiger partial charge in [-0.25, -0.2) is 0 Å². The summed E-state index contributed by atoms with van der Waals surface area (Å²) >= 11 is 2.04. The van der Waals surface area contributed by atoms with Gasteiger partial charge in [0.2, 0.25) is 0 Å². The zero-order valence-corrected chi connectivity index (χ0v) is 17.7. The van der Waals surface area contributed by atoms with Crippen molar-refractivity contribution in [1.29, 1.82) is 0 Å². The van der Waals surface area contributed by atoms with Crippen LogP contribution in [0.3, 0.4) is 0 Å². The van der Waals surface area contributed by atoms with E-state index in [0.717, 1.165) is 24.0 Å². The molecule has 0 radical (unpaired) electrons. The standard InChI is InChI=1S/C20H23NO.C2H4IO/c1-21(2)13-14-22-20-12-11-15(16-7-3-5-9-18(16)20)17-8-4-6-10-19(17)20;3-1-2-4/h3-10,15H,11-14H2,1-2H3;1-2H2/q;-1. The number of halogens is 1. The van der Waals surface area contributed by atoms with E-state index in [2.05, 4.69) is 67.5 Å². The van der Waals surface area contributed by atoms with Gasteiger partial charge in [0.15, 0.2) is 0 Å². The van der Waals surface area contributed by atoms with Crippen molar-refractivity contribution in [2.24, 2.45) is 0 Å². The van der Waals surface area contributed by atoms with Crippen LogP contribution in [0.4, 0.5) is 0 Å². The van der Waals surface area contributed by atoms with Gasteiger partial charge in [0.25, 0.3) is 0 Å². The smallest absolute Gasteiger partial charge is 0.119 e. The monoisotopic (exact) mass is 464 g/mol. The number of rotatable bonds is 5. The summed E-state index contributed by atoms with van der Waals surface area (Å²) < 4.78 is 7.31. The number of fused-ring (bicyclic) bond motifs is 1. The fourth-order valence-electron chi connectivity index (χ4n) is 4.21. The number of hydrogen-bond donors (Lipinski definition) is 0. The first-order valence-electron chi connectivity index (χ1n) is 9.25. The van der Waals surface area contributed by atoms with Crippen LogP contribution in [-0.4, -0.2) is 43.2 Å². The third kappa shape index (κ3) is 3.70. The molecule has 4 heteroatoms. The van der Waals surface area contributed by atoms with Crippen molar-refractivity contribution < 1.29 is 9.84 Å². The fraction of sp³-hybridized carbons (Fsp3) is 0.455. The predicted molar refractivity (Wildman–Crippen MR) is 113 cm³/mol. The maximum absolute atomic E-state index is 9.29. The largest absolute Gasteiger partial charge is 0.854 e. The predicted octanol–water partition coefficient (Wildman–Crippen LogP) is 3.53. The average molecular weight is 464 g/mol. The van der Waals surface area contributed by atoms with E-state index in [1.807, 2.05) is 22.6 Å². The van der Waals surface area contributed by atoms with Crippen molar-refractivity contribution in [3.8, 4) is 0 Å². The van der Waals surface area contributed by atoms with Gasteiger partial charge in [0.1, 0.15) is 5.60 Å². The molecular formula is C22H27INO2-.